The summed E-state index contributed by atoms with van der Waals surface area (Å²) in [6.07, 6.45) is 6.54. The van der Waals surface area contributed by atoms with Gasteiger partial charge >= 0.3 is 0 Å². The molecule has 0 bridgehead atoms. The van der Waals surface area contributed by atoms with Gasteiger partial charge in [0.05, 0.1) is 17.9 Å². The van der Waals surface area contributed by atoms with Gasteiger partial charge in [-0.15, -0.1) is 0 Å². The van der Waals surface area contributed by atoms with E-state index in [1.54, 1.807) is 17.2 Å². The molecule has 0 N–H and O–H groups in total. The van der Waals surface area contributed by atoms with Crippen LogP contribution in [-0.2, 0) is 6.42 Å². The summed E-state index contributed by atoms with van der Waals surface area (Å²) in [6.45, 7) is 2.12. The fourth-order valence-electron chi connectivity index (χ4n) is 2.62. The van der Waals surface area contributed by atoms with Crippen LogP contribution in [0.2, 0.25) is 0 Å². The van der Waals surface area contributed by atoms with Gasteiger partial charge in [0.25, 0.3) is 5.91 Å². The second kappa shape index (κ2) is 5.72. The van der Waals surface area contributed by atoms with Gasteiger partial charge in [-0.05, 0) is 18.9 Å². The third-order valence-corrected chi connectivity index (χ3v) is 3.56. The molecule has 1 amide bonds. The molecule has 0 atom stereocenters. The smallest absolute Gasteiger partial charge is 0.258 e. The number of nitriles is 1. The molecule has 1 saturated carbocycles. The summed E-state index contributed by atoms with van der Waals surface area (Å²) in [6, 6.07) is 4.03. The summed E-state index contributed by atoms with van der Waals surface area (Å²) in [4.78, 5) is 14.2. The number of carbonyl (C=O) groups excluding carboxylic acids is 1. The Morgan fingerprint density at radius 3 is 2.89 bits per heavy atom. The van der Waals surface area contributed by atoms with Crippen molar-refractivity contribution in [1.29, 1.82) is 5.26 Å². The molecule has 1 aliphatic carbocycles. The third-order valence-electron chi connectivity index (χ3n) is 3.56. The number of hydrogen-bond donors (Lipinski definition) is 0. The molecule has 2 rings (SSSR count). The lowest BCUT2D eigenvalue weighted by molar-refractivity contribution is 0.0707. The van der Waals surface area contributed by atoms with Crippen molar-refractivity contribution in [2.75, 3.05) is 6.54 Å². The van der Waals surface area contributed by atoms with Gasteiger partial charge in [-0.1, -0.05) is 19.8 Å². The number of rotatable bonds is 4. The van der Waals surface area contributed by atoms with Crippen molar-refractivity contribution in [3.8, 4) is 6.07 Å². The zero-order valence-electron chi connectivity index (χ0n) is 10.7. The molecule has 1 heterocycles. The van der Waals surface area contributed by atoms with Crippen molar-refractivity contribution in [2.24, 2.45) is 0 Å². The predicted octanol–water partition coefficient (Wildman–Crippen LogP) is 2.75. The molecule has 4 heteroatoms. The van der Waals surface area contributed by atoms with Gasteiger partial charge in [0.15, 0.2) is 0 Å². The summed E-state index contributed by atoms with van der Waals surface area (Å²) in [5.74, 6) is 0.648. The minimum Gasteiger partial charge on any atom is -0.469 e. The second-order valence-electron chi connectivity index (χ2n) is 4.64. The first-order valence-corrected chi connectivity index (χ1v) is 6.52. The molecule has 4 nitrogen and oxygen atoms in total. The number of nitrogens with zero attached hydrogens (tertiary/aromatic N) is 2. The van der Waals surface area contributed by atoms with Crippen LogP contribution in [-0.4, -0.2) is 23.4 Å². The molecule has 1 aromatic heterocycles. The molecule has 1 aliphatic rings. The monoisotopic (exact) mass is 246 g/mol. The third kappa shape index (κ3) is 2.40. The summed E-state index contributed by atoms with van der Waals surface area (Å²) >= 11 is 0. The molecule has 0 unspecified atom stereocenters. The van der Waals surface area contributed by atoms with E-state index in [9.17, 15) is 4.79 Å². The largest absolute Gasteiger partial charge is 0.469 e. The van der Waals surface area contributed by atoms with Crippen molar-refractivity contribution >= 4 is 5.91 Å². The van der Waals surface area contributed by atoms with E-state index in [2.05, 4.69) is 6.07 Å². The van der Waals surface area contributed by atoms with E-state index in [0.29, 0.717) is 17.7 Å². The van der Waals surface area contributed by atoms with Crippen LogP contribution in [0.15, 0.2) is 16.7 Å². The molecule has 0 aromatic carbocycles. The highest BCUT2D eigenvalue weighted by atomic mass is 16.3. The Bertz CT molecular complexity index is 453. The zero-order valence-corrected chi connectivity index (χ0v) is 10.7. The Morgan fingerprint density at radius 2 is 2.28 bits per heavy atom. The summed E-state index contributed by atoms with van der Waals surface area (Å²) in [5.41, 5.74) is 0.611. The first kappa shape index (κ1) is 12.7. The maximum absolute atomic E-state index is 12.5. The Balaban J connectivity index is 2.20. The van der Waals surface area contributed by atoms with Crippen LogP contribution in [0.3, 0.4) is 0 Å². The van der Waals surface area contributed by atoms with Crippen molar-refractivity contribution in [2.45, 2.75) is 45.1 Å². The van der Waals surface area contributed by atoms with E-state index < -0.39 is 0 Å². The van der Waals surface area contributed by atoms with Gasteiger partial charge in [0, 0.05) is 12.5 Å². The second-order valence-corrected chi connectivity index (χ2v) is 4.64. The molecule has 18 heavy (non-hydrogen) atoms. The quantitative estimate of drug-likeness (QED) is 0.767. The molecule has 0 spiro atoms. The summed E-state index contributed by atoms with van der Waals surface area (Å²) < 4.78 is 5.30. The topological polar surface area (TPSA) is 57.2 Å². The van der Waals surface area contributed by atoms with E-state index in [4.69, 9.17) is 9.68 Å². The lowest BCUT2D eigenvalue weighted by atomic mass is 10.1. The summed E-state index contributed by atoms with van der Waals surface area (Å²) in [5, 5.41) is 8.90. The number of aryl methyl sites for hydroxylation is 1. The lowest BCUT2D eigenvalue weighted by Gasteiger charge is -2.26. The fraction of sp³-hybridized carbons (Fsp3) is 0.571. The van der Waals surface area contributed by atoms with E-state index >= 15 is 0 Å². The molecule has 0 radical (unpaired) electrons. The van der Waals surface area contributed by atoms with Crippen molar-refractivity contribution < 1.29 is 9.21 Å². The maximum atomic E-state index is 12.5. The zero-order chi connectivity index (χ0) is 13.0. The molecule has 96 valence electrons. The van der Waals surface area contributed by atoms with Gasteiger partial charge in [-0.2, -0.15) is 5.26 Å². The Hall–Kier alpha value is -1.76. The van der Waals surface area contributed by atoms with Crippen molar-refractivity contribution in [3.63, 3.8) is 0 Å². The van der Waals surface area contributed by atoms with E-state index in [0.717, 1.165) is 25.7 Å². The predicted molar refractivity (Wildman–Crippen MR) is 67.0 cm³/mol. The van der Waals surface area contributed by atoms with Crippen LogP contribution in [0.1, 0.15) is 48.7 Å². The molecule has 1 aromatic rings. The Labute approximate surface area is 107 Å². The van der Waals surface area contributed by atoms with Crippen LogP contribution < -0.4 is 0 Å². The first-order chi connectivity index (χ1) is 8.77. The summed E-state index contributed by atoms with van der Waals surface area (Å²) in [7, 11) is 0. The van der Waals surface area contributed by atoms with E-state index in [1.807, 2.05) is 6.92 Å². The van der Waals surface area contributed by atoms with Gasteiger partial charge in [-0.3, -0.25) is 4.79 Å². The van der Waals surface area contributed by atoms with E-state index in [-0.39, 0.29) is 18.5 Å². The minimum absolute atomic E-state index is 0.0611. The van der Waals surface area contributed by atoms with Gasteiger partial charge in [-0.25, -0.2) is 0 Å². The normalized spacial score (nSPS) is 15.6. The molecule has 0 aliphatic heterocycles. The first-order valence-electron chi connectivity index (χ1n) is 6.52. The molecule has 1 fully saturated rings. The van der Waals surface area contributed by atoms with Crippen molar-refractivity contribution in [1.82, 2.24) is 4.90 Å². The highest BCUT2D eigenvalue weighted by Crippen LogP contribution is 2.25. The molecular formula is C14H18N2O2. The molecule has 0 saturated heterocycles. The van der Waals surface area contributed by atoms with Crippen LogP contribution in [0.25, 0.3) is 0 Å². The van der Waals surface area contributed by atoms with Crippen LogP contribution >= 0.6 is 0 Å². The van der Waals surface area contributed by atoms with Crippen LogP contribution in [0, 0.1) is 11.3 Å². The maximum Gasteiger partial charge on any atom is 0.258 e. The highest BCUT2D eigenvalue weighted by Gasteiger charge is 2.28. The van der Waals surface area contributed by atoms with E-state index in [1.165, 1.54) is 0 Å². The number of amides is 1. The number of carbonyl (C=O) groups is 1. The SMILES string of the molecule is CCc1occc1C(=O)N(CC#N)C1CCCC1. The average molecular weight is 246 g/mol. The average Bonchev–Trinajstić information content (AvgIpc) is 3.05. The standard InChI is InChI=1S/C14H18N2O2/c1-2-13-12(7-10-18-13)14(17)16(9-8-15)11-5-3-4-6-11/h7,10-11H,2-6,9H2,1H3. The number of hydrogen-bond acceptors (Lipinski definition) is 3. The number of furan rings is 1. The Morgan fingerprint density at radius 1 is 1.56 bits per heavy atom. The molecular weight excluding hydrogens is 228 g/mol. The highest BCUT2D eigenvalue weighted by molar-refractivity contribution is 5.95. The minimum atomic E-state index is -0.0611. The van der Waals surface area contributed by atoms with Crippen LogP contribution in [0.4, 0.5) is 0 Å². The van der Waals surface area contributed by atoms with Gasteiger partial charge in [0.2, 0.25) is 0 Å². The van der Waals surface area contributed by atoms with Gasteiger partial charge < -0.3 is 9.32 Å². The van der Waals surface area contributed by atoms with Crippen molar-refractivity contribution in [3.05, 3.63) is 23.7 Å². The Kier molecular flexibility index (Phi) is 4.03. The van der Waals surface area contributed by atoms with Gasteiger partial charge in [0.1, 0.15) is 12.3 Å². The van der Waals surface area contributed by atoms with Crippen LogP contribution in [0.5, 0.6) is 0 Å². The fourth-order valence-corrected chi connectivity index (χ4v) is 2.62. The lowest BCUT2D eigenvalue weighted by Crippen LogP contribution is -2.39.